The van der Waals surface area contributed by atoms with Crippen LogP contribution in [0.2, 0.25) is 0 Å². The molecule has 0 bridgehead atoms. The quantitative estimate of drug-likeness (QED) is 0.910. The third-order valence-electron chi connectivity index (χ3n) is 3.60. The van der Waals surface area contributed by atoms with E-state index in [0.717, 1.165) is 35.6 Å². The van der Waals surface area contributed by atoms with E-state index in [1.54, 1.807) is 6.20 Å². The van der Waals surface area contributed by atoms with E-state index in [-0.39, 0.29) is 0 Å². The molecule has 2 aromatic rings. The number of hydrogen-bond donors (Lipinski definition) is 1. The molecule has 1 aromatic carbocycles. The van der Waals surface area contributed by atoms with Gasteiger partial charge >= 0.3 is 0 Å². The van der Waals surface area contributed by atoms with E-state index < -0.39 is 6.10 Å². The highest BCUT2D eigenvalue weighted by molar-refractivity contribution is 5.47. The van der Waals surface area contributed by atoms with Crippen molar-refractivity contribution in [2.24, 2.45) is 7.05 Å². The molecule has 4 nitrogen and oxygen atoms in total. The molecule has 0 aliphatic carbocycles. The zero-order chi connectivity index (χ0) is 14.7. The first kappa shape index (κ1) is 14.6. The van der Waals surface area contributed by atoms with Gasteiger partial charge < -0.3 is 14.6 Å². The second kappa shape index (κ2) is 6.09. The molecular formula is C16H23N3O. The Labute approximate surface area is 120 Å². The van der Waals surface area contributed by atoms with Crippen molar-refractivity contribution in [2.75, 3.05) is 19.0 Å². The van der Waals surface area contributed by atoms with Gasteiger partial charge in [-0.1, -0.05) is 19.1 Å². The van der Waals surface area contributed by atoms with Gasteiger partial charge in [-0.25, -0.2) is 4.98 Å². The molecule has 108 valence electrons. The van der Waals surface area contributed by atoms with E-state index in [2.05, 4.69) is 11.9 Å². The van der Waals surface area contributed by atoms with Crippen molar-refractivity contribution in [3.63, 3.8) is 0 Å². The van der Waals surface area contributed by atoms with Crippen LogP contribution in [0.5, 0.6) is 0 Å². The molecule has 1 N–H and O–H groups in total. The van der Waals surface area contributed by atoms with Gasteiger partial charge in [-0.3, -0.25) is 0 Å². The van der Waals surface area contributed by atoms with Gasteiger partial charge in [0.05, 0.1) is 11.9 Å². The average Bonchev–Trinajstić information content (AvgIpc) is 2.80. The zero-order valence-corrected chi connectivity index (χ0v) is 12.7. The SMILES string of the molecule is CCCc1ncc([C@@H](O)c2ccc(N(C)C)cc2)n1C. The van der Waals surface area contributed by atoms with E-state index in [0.29, 0.717) is 0 Å². The topological polar surface area (TPSA) is 41.3 Å². The Morgan fingerprint density at radius 2 is 1.90 bits per heavy atom. The van der Waals surface area contributed by atoms with Crippen LogP contribution in [0, 0.1) is 0 Å². The fourth-order valence-corrected chi connectivity index (χ4v) is 2.30. The molecule has 20 heavy (non-hydrogen) atoms. The molecular weight excluding hydrogens is 250 g/mol. The first-order valence-electron chi connectivity index (χ1n) is 7.00. The maximum atomic E-state index is 10.5. The van der Waals surface area contributed by atoms with Gasteiger partial charge in [0.15, 0.2) is 0 Å². The number of aliphatic hydroxyl groups is 1. The predicted molar refractivity (Wildman–Crippen MR) is 82.0 cm³/mol. The van der Waals surface area contributed by atoms with Gasteiger partial charge in [0.1, 0.15) is 11.9 Å². The zero-order valence-electron chi connectivity index (χ0n) is 12.7. The monoisotopic (exact) mass is 273 g/mol. The number of aryl methyl sites for hydroxylation is 1. The Balaban J connectivity index is 2.24. The summed E-state index contributed by atoms with van der Waals surface area (Å²) in [5.74, 6) is 1.02. The van der Waals surface area contributed by atoms with Crippen LogP contribution in [-0.4, -0.2) is 28.8 Å². The standard InChI is InChI=1S/C16H23N3O/c1-5-6-15-17-11-14(19(15)4)16(20)12-7-9-13(10-8-12)18(2)3/h7-11,16,20H,5-6H2,1-4H3/t16-/m0/s1. The largest absolute Gasteiger partial charge is 0.382 e. The van der Waals surface area contributed by atoms with Crippen LogP contribution in [-0.2, 0) is 13.5 Å². The Kier molecular flexibility index (Phi) is 4.45. The van der Waals surface area contributed by atoms with Crippen LogP contribution in [0.1, 0.15) is 36.5 Å². The number of rotatable bonds is 5. The average molecular weight is 273 g/mol. The van der Waals surface area contributed by atoms with Crippen molar-refractivity contribution in [3.05, 3.63) is 47.5 Å². The highest BCUT2D eigenvalue weighted by Gasteiger charge is 2.16. The molecule has 0 amide bonds. The number of imidazole rings is 1. The van der Waals surface area contributed by atoms with Crippen molar-refractivity contribution >= 4 is 5.69 Å². The summed E-state index contributed by atoms with van der Waals surface area (Å²) in [5.41, 5.74) is 2.85. The maximum absolute atomic E-state index is 10.5. The second-order valence-electron chi connectivity index (χ2n) is 5.30. The van der Waals surface area contributed by atoms with Gasteiger partial charge in [0.2, 0.25) is 0 Å². The Bertz CT molecular complexity index is 558. The fraction of sp³-hybridized carbons (Fsp3) is 0.438. The van der Waals surface area contributed by atoms with E-state index >= 15 is 0 Å². The number of nitrogens with zero attached hydrogens (tertiary/aromatic N) is 3. The van der Waals surface area contributed by atoms with E-state index in [1.165, 1.54) is 0 Å². The molecule has 0 unspecified atom stereocenters. The van der Waals surface area contributed by atoms with E-state index in [1.807, 2.05) is 54.9 Å². The van der Waals surface area contributed by atoms with Crippen LogP contribution in [0.25, 0.3) is 0 Å². The van der Waals surface area contributed by atoms with Crippen molar-refractivity contribution < 1.29 is 5.11 Å². The molecule has 1 atom stereocenters. The van der Waals surface area contributed by atoms with Gasteiger partial charge in [0.25, 0.3) is 0 Å². The molecule has 2 rings (SSSR count). The summed E-state index contributed by atoms with van der Waals surface area (Å²) in [5, 5.41) is 10.5. The van der Waals surface area contributed by atoms with Crippen molar-refractivity contribution in [1.29, 1.82) is 0 Å². The molecule has 0 aliphatic rings. The first-order chi connectivity index (χ1) is 9.54. The number of hydrogen-bond acceptors (Lipinski definition) is 3. The van der Waals surface area contributed by atoms with Crippen LogP contribution in [0.4, 0.5) is 5.69 Å². The summed E-state index contributed by atoms with van der Waals surface area (Å²) >= 11 is 0. The fourth-order valence-electron chi connectivity index (χ4n) is 2.30. The Morgan fingerprint density at radius 3 is 2.45 bits per heavy atom. The van der Waals surface area contributed by atoms with Crippen molar-refractivity contribution in [3.8, 4) is 0 Å². The summed E-state index contributed by atoms with van der Waals surface area (Å²) < 4.78 is 1.99. The first-order valence-corrected chi connectivity index (χ1v) is 7.00. The maximum Gasteiger partial charge on any atom is 0.121 e. The molecule has 0 spiro atoms. The summed E-state index contributed by atoms with van der Waals surface area (Å²) in [6.07, 6.45) is 3.13. The van der Waals surface area contributed by atoms with Crippen LogP contribution < -0.4 is 4.90 Å². The lowest BCUT2D eigenvalue weighted by atomic mass is 10.1. The summed E-state index contributed by atoms with van der Waals surface area (Å²) in [7, 11) is 5.97. The number of benzene rings is 1. The lowest BCUT2D eigenvalue weighted by Crippen LogP contribution is -2.10. The van der Waals surface area contributed by atoms with Crippen LogP contribution in [0.3, 0.4) is 0 Å². The normalized spacial score (nSPS) is 12.4. The number of anilines is 1. The van der Waals surface area contributed by atoms with E-state index in [9.17, 15) is 5.11 Å². The summed E-state index contributed by atoms with van der Waals surface area (Å²) in [6.45, 7) is 2.13. The second-order valence-corrected chi connectivity index (χ2v) is 5.30. The van der Waals surface area contributed by atoms with Gasteiger partial charge in [-0.05, 0) is 24.1 Å². The summed E-state index contributed by atoms with van der Waals surface area (Å²) in [6, 6.07) is 7.96. The number of aromatic nitrogens is 2. The predicted octanol–water partition coefficient (Wildman–Crippen LogP) is 2.52. The molecule has 0 aliphatic heterocycles. The molecule has 1 aromatic heterocycles. The van der Waals surface area contributed by atoms with Gasteiger partial charge in [-0.2, -0.15) is 0 Å². The van der Waals surface area contributed by atoms with E-state index in [4.69, 9.17) is 0 Å². The van der Waals surface area contributed by atoms with Crippen molar-refractivity contribution in [2.45, 2.75) is 25.9 Å². The molecule has 0 fully saturated rings. The molecule has 0 saturated heterocycles. The molecule has 0 radical (unpaired) electrons. The third-order valence-corrected chi connectivity index (χ3v) is 3.60. The Hall–Kier alpha value is -1.81. The van der Waals surface area contributed by atoms with Gasteiger partial charge in [0, 0.05) is 33.3 Å². The highest BCUT2D eigenvalue weighted by Crippen LogP contribution is 2.24. The third kappa shape index (κ3) is 2.85. The number of aliphatic hydroxyl groups excluding tert-OH is 1. The van der Waals surface area contributed by atoms with Crippen LogP contribution in [0.15, 0.2) is 30.5 Å². The Morgan fingerprint density at radius 1 is 1.25 bits per heavy atom. The van der Waals surface area contributed by atoms with Crippen molar-refractivity contribution in [1.82, 2.24) is 9.55 Å². The van der Waals surface area contributed by atoms with Crippen LogP contribution >= 0.6 is 0 Å². The molecule has 0 saturated carbocycles. The summed E-state index contributed by atoms with van der Waals surface area (Å²) in [4.78, 5) is 6.43. The lowest BCUT2D eigenvalue weighted by Gasteiger charge is -2.16. The van der Waals surface area contributed by atoms with Gasteiger partial charge in [-0.15, -0.1) is 0 Å². The minimum atomic E-state index is -0.630. The lowest BCUT2D eigenvalue weighted by molar-refractivity contribution is 0.211. The molecule has 1 heterocycles. The highest BCUT2D eigenvalue weighted by atomic mass is 16.3. The smallest absolute Gasteiger partial charge is 0.121 e. The molecule has 4 heteroatoms. The minimum absolute atomic E-state index is 0.630. The minimum Gasteiger partial charge on any atom is -0.382 e.